The molecule has 3 rings (SSSR count). The fourth-order valence-electron chi connectivity index (χ4n) is 2.48. The Hall–Kier alpha value is -1.00. The number of aromatic nitrogens is 2. The van der Waals surface area contributed by atoms with Gasteiger partial charge in [0, 0.05) is 6.20 Å². The van der Waals surface area contributed by atoms with Crippen LogP contribution in [-0.4, -0.2) is 9.97 Å². The summed E-state index contributed by atoms with van der Waals surface area (Å²) in [5.41, 5.74) is 7.32. The predicted octanol–water partition coefficient (Wildman–Crippen LogP) is 3.06. The molecule has 4 heteroatoms. The predicted molar refractivity (Wildman–Crippen MR) is 70.9 cm³/mol. The van der Waals surface area contributed by atoms with Crippen LogP contribution in [0.25, 0.3) is 10.2 Å². The molecule has 0 radical (unpaired) electrons. The highest BCUT2D eigenvalue weighted by molar-refractivity contribution is 7.18. The van der Waals surface area contributed by atoms with Gasteiger partial charge in [0.2, 0.25) is 0 Å². The highest BCUT2D eigenvalue weighted by Crippen LogP contribution is 2.40. The zero-order valence-electron chi connectivity index (χ0n) is 10.0. The highest BCUT2D eigenvalue weighted by Gasteiger charge is 2.34. The summed E-state index contributed by atoms with van der Waals surface area (Å²) >= 11 is 1.73. The molecule has 1 saturated carbocycles. The second-order valence-electron chi connectivity index (χ2n) is 5.20. The molecule has 0 spiro atoms. The van der Waals surface area contributed by atoms with Gasteiger partial charge < -0.3 is 5.73 Å². The van der Waals surface area contributed by atoms with E-state index in [2.05, 4.69) is 16.9 Å². The van der Waals surface area contributed by atoms with E-state index in [1.54, 1.807) is 11.3 Å². The Morgan fingerprint density at radius 1 is 1.41 bits per heavy atom. The molecule has 0 amide bonds. The number of rotatable bonds is 1. The molecule has 0 aromatic carbocycles. The summed E-state index contributed by atoms with van der Waals surface area (Å²) < 4.78 is 1.19. The van der Waals surface area contributed by atoms with Gasteiger partial charge in [-0.3, -0.25) is 4.98 Å². The molecule has 1 aliphatic rings. The number of thiazole rings is 1. The zero-order chi connectivity index (χ0) is 11.9. The van der Waals surface area contributed by atoms with Crippen LogP contribution in [-0.2, 0) is 5.54 Å². The average Bonchev–Trinajstić information content (AvgIpc) is 2.77. The van der Waals surface area contributed by atoms with E-state index in [1.165, 1.54) is 17.5 Å². The minimum Gasteiger partial charge on any atom is -0.319 e. The molecule has 0 bridgehead atoms. The first kappa shape index (κ1) is 11.1. The van der Waals surface area contributed by atoms with Gasteiger partial charge in [0.05, 0.1) is 22.0 Å². The summed E-state index contributed by atoms with van der Waals surface area (Å²) in [4.78, 5) is 8.77. The van der Waals surface area contributed by atoms with E-state index in [0.29, 0.717) is 0 Å². The highest BCUT2D eigenvalue weighted by atomic mass is 32.1. The van der Waals surface area contributed by atoms with E-state index in [-0.39, 0.29) is 5.54 Å². The van der Waals surface area contributed by atoms with Crippen molar-refractivity contribution in [2.45, 2.75) is 38.1 Å². The van der Waals surface area contributed by atoms with Gasteiger partial charge in [-0.2, -0.15) is 0 Å². The van der Waals surface area contributed by atoms with E-state index in [1.807, 2.05) is 18.5 Å². The molecule has 1 aliphatic carbocycles. The number of pyridine rings is 1. The lowest BCUT2D eigenvalue weighted by atomic mass is 9.78. The maximum atomic E-state index is 6.53. The fourth-order valence-corrected chi connectivity index (χ4v) is 3.58. The summed E-state index contributed by atoms with van der Waals surface area (Å²) in [6, 6.07) is 2.02. The molecule has 2 aromatic rings. The number of hydrogen-bond donors (Lipinski definition) is 1. The number of nitrogens with two attached hydrogens (primary N) is 1. The first-order valence-electron chi connectivity index (χ1n) is 6.17. The third-order valence-corrected chi connectivity index (χ3v) is 5.04. The van der Waals surface area contributed by atoms with E-state index < -0.39 is 0 Å². The molecule has 17 heavy (non-hydrogen) atoms. The minimum atomic E-state index is -0.198. The SMILES string of the molecule is CC1CCC(N)(c2nc3cnccc3s2)CC1. The van der Waals surface area contributed by atoms with E-state index in [9.17, 15) is 0 Å². The fraction of sp³-hybridized carbons (Fsp3) is 0.538. The van der Waals surface area contributed by atoms with Crippen molar-refractivity contribution in [1.29, 1.82) is 0 Å². The first-order valence-corrected chi connectivity index (χ1v) is 6.99. The van der Waals surface area contributed by atoms with Crippen LogP contribution in [0.5, 0.6) is 0 Å². The van der Waals surface area contributed by atoms with Crippen molar-refractivity contribution < 1.29 is 0 Å². The topological polar surface area (TPSA) is 51.8 Å². The van der Waals surface area contributed by atoms with Crippen LogP contribution in [0.1, 0.15) is 37.6 Å². The summed E-state index contributed by atoms with van der Waals surface area (Å²) in [5.74, 6) is 0.808. The number of nitrogens with zero attached hydrogens (tertiary/aromatic N) is 2. The summed E-state index contributed by atoms with van der Waals surface area (Å²) in [6.45, 7) is 2.31. The number of fused-ring (bicyclic) bond motifs is 1. The molecule has 3 nitrogen and oxygen atoms in total. The zero-order valence-corrected chi connectivity index (χ0v) is 10.8. The Balaban J connectivity index is 1.97. The third kappa shape index (κ3) is 1.96. The van der Waals surface area contributed by atoms with E-state index in [0.717, 1.165) is 29.3 Å². The molecule has 90 valence electrons. The van der Waals surface area contributed by atoms with Crippen molar-refractivity contribution >= 4 is 21.6 Å². The van der Waals surface area contributed by atoms with Crippen molar-refractivity contribution in [3.8, 4) is 0 Å². The minimum absolute atomic E-state index is 0.198. The van der Waals surface area contributed by atoms with Crippen molar-refractivity contribution in [3.05, 3.63) is 23.5 Å². The normalized spacial score (nSPS) is 29.6. The van der Waals surface area contributed by atoms with Crippen LogP contribution in [0.2, 0.25) is 0 Å². The maximum Gasteiger partial charge on any atom is 0.114 e. The quantitative estimate of drug-likeness (QED) is 0.842. The van der Waals surface area contributed by atoms with Gasteiger partial charge in [0.1, 0.15) is 5.01 Å². The third-order valence-electron chi connectivity index (χ3n) is 3.78. The molecule has 2 aromatic heterocycles. The molecule has 0 atom stereocenters. The molecule has 2 N–H and O–H groups in total. The molecular formula is C13H17N3S. The van der Waals surface area contributed by atoms with Crippen LogP contribution < -0.4 is 5.73 Å². The smallest absolute Gasteiger partial charge is 0.114 e. The van der Waals surface area contributed by atoms with Crippen molar-refractivity contribution in [3.63, 3.8) is 0 Å². The Kier molecular flexibility index (Phi) is 2.64. The lowest BCUT2D eigenvalue weighted by Crippen LogP contribution is -2.40. The van der Waals surface area contributed by atoms with Gasteiger partial charge in [-0.25, -0.2) is 4.98 Å². The first-order chi connectivity index (χ1) is 8.17. The maximum absolute atomic E-state index is 6.53. The van der Waals surface area contributed by atoms with Crippen LogP contribution in [0, 0.1) is 5.92 Å². The molecule has 1 fully saturated rings. The Morgan fingerprint density at radius 2 is 2.18 bits per heavy atom. The van der Waals surface area contributed by atoms with Crippen LogP contribution in [0.3, 0.4) is 0 Å². The van der Waals surface area contributed by atoms with E-state index in [4.69, 9.17) is 5.73 Å². The number of hydrogen-bond acceptors (Lipinski definition) is 4. The van der Waals surface area contributed by atoms with E-state index >= 15 is 0 Å². The van der Waals surface area contributed by atoms with Crippen LogP contribution in [0.4, 0.5) is 0 Å². The second-order valence-corrected chi connectivity index (χ2v) is 6.23. The van der Waals surface area contributed by atoms with Crippen LogP contribution >= 0.6 is 11.3 Å². The van der Waals surface area contributed by atoms with Gasteiger partial charge in [0.25, 0.3) is 0 Å². The Bertz CT molecular complexity index is 493. The lowest BCUT2D eigenvalue weighted by molar-refractivity contribution is 0.247. The lowest BCUT2D eigenvalue weighted by Gasteiger charge is -2.34. The summed E-state index contributed by atoms with van der Waals surface area (Å²) in [7, 11) is 0. The molecule has 2 heterocycles. The second kappa shape index (κ2) is 4.03. The summed E-state index contributed by atoms with van der Waals surface area (Å²) in [6.07, 6.45) is 8.18. The van der Waals surface area contributed by atoms with Gasteiger partial charge in [0.15, 0.2) is 0 Å². The van der Waals surface area contributed by atoms with Crippen molar-refractivity contribution in [2.75, 3.05) is 0 Å². The van der Waals surface area contributed by atoms with Crippen molar-refractivity contribution in [1.82, 2.24) is 9.97 Å². The van der Waals surface area contributed by atoms with Gasteiger partial charge in [-0.05, 0) is 37.7 Å². The standard InChI is InChI=1S/C13H17N3S/c1-9-2-5-13(14,6-3-9)12-16-10-8-15-7-4-11(10)17-12/h4,7-9H,2-3,5-6,14H2,1H3. The van der Waals surface area contributed by atoms with Crippen LogP contribution in [0.15, 0.2) is 18.5 Å². The average molecular weight is 247 g/mol. The Morgan fingerprint density at radius 3 is 2.88 bits per heavy atom. The van der Waals surface area contributed by atoms with Gasteiger partial charge in [-0.15, -0.1) is 11.3 Å². The Labute approximate surface area is 105 Å². The molecule has 0 unspecified atom stereocenters. The monoisotopic (exact) mass is 247 g/mol. The molecule has 0 aliphatic heterocycles. The van der Waals surface area contributed by atoms with Gasteiger partial charge in [-0.1, -0.05) is 6.92 Å². The molecule has 0 saturated heterocycles. The van der Waals surface area contributed by atoms with Gasteiger partial charge >= 0.3 is 0 Å². The van der Waals surface area contributed by atoms with Crippen molar-refractivity contribution in [2.24, 2.45) is 11.7 Å². The largest absolute Gasteiger partial charge is 0.319 e. The molecular weight excluding hydrogens is 230 g/mol. The summed E-state index contributed by atoms with van der Waals surface area (Å²) in [5, 5.41) is 1.09.